The van der Waals surface area contributed by atoms with E-state index in [1.54, 1.807) is 0 Å². The zero-order valence-corrected chi connectivity index (χ0v) is 8.13. The second-order valence-corrected chi connectivity index (χ2v) is 2.66. The van der Waals surface area contributed by atoms with Crippen molar-refractivity contribution in [1.29, 1.82) is 0 Å². The molecule has 0 unspecified atom stereocenters. The van der Waals surface area contributed by atoms with Crippen molar-refractivity contribution in [1.82, 2.24) is 5.32 Å². The zero-order chi connectivity index (χ0) is 9.52. The van der Waals surface area contributed by atoms with Crippen LogP contribution in [0.5, 0.6) is 5.75 Å². The smallest absolute Gasteiger partial charge is 0.119 e. The van der Waals surface area contributed by atoms with E-state index >= 15 is 0 Å². The first-order valence-electron chi connectivity index (χ1n) is 4.48. The fourth-order valence-electron chi connectivity index (χ4n) is 1.03. The highest BCUT2D eigenvalue weighted by Crippen LogP contribution is 2.14. The molecule has 0 aliphatic carbocycles. The van der Waals surface area contributed by atoms with E-state index < -0.39 is 0 Å². The van der Waals surface area contributed by atoms with Crippen molar-refractivity contribution < 1.29 is 4.74 Å². The van der Waals surface area contributed by atoms with E-state index in [1.165, 1.54) is 0 Å². The van der Waals surface area contributed by atoms with Gasteiger partial charge in [-0.15, -0.1) is 0 Å². The summed E-state index contributed by atoms with van der Waals surface area (Å²) in [7, 11) is 1.90. The van der Waals surface area contributed by atoms with E-state index in [-0.39, 0.29) is 0 Å². The molecule has 2 N–H and O–H groups in total. The van der Waals surface area contributed by atoms with Crippen LogP contribution in [0.1, 0.15) is 6.92 Å². The highest BCUT2D eigenvalue weighted by Gasteiger charge is 1.92. The Morgan fingerprint density at radius 3 is 2.46 bits per heavy atom. The summed E-state index contributed by atoms with van der Waals surface area (Å²) in [5.74, 6) is 0.914. The van der Waals surface area contributed by atoms with Crippen LogP contribution in [0.25, 0.3) is 0 Å². The van der Waals surface area contributed by atoms with Gasteiger partial charge in [-0.2, -0.15) is 0 Å². The molecule has 13 heavy (non-hydrogen) atoms. The predicted molar refractivity (Wildman–Crippen MR) is 55.2 cm³/mol. The van der Waals surface area contributed by atoms with Crippen molar-refractivity contribution in [3.8, 4) is 5.75 Å². The van der Waals surface area contributed by atoms with Gasteiger partial charge in [0.1, 0.15) is 5.75 Å². The molecular formula is C10H16N2O. The second-order valence-electron chi connectivity index (χ2n) is 2.66. The summed E-state index contributed by atoms with van der Waals surface area (Å²) in [5.41, 5.74) is 1.10. The van der Waals surface area contributed by atoms with E-state index in [9.17, 15) is 0 Å². The summed E-state index contributed by atoms with van der Waals surface area (Å²) in [5, 5.41) is 6.21. The summed E-state index contributed by atoms with van der Waals surface area (Å²) < 4.78 is 5.32. The lowest BCUT2D eigenvalue weighted by atomic mass is 10.3. The lowest BCUT2D eigenvalue weighted by Gasteiger charge is -2.06. The fourth-order valence-corrected chi connectivity index (χ4v) is 1.03. The molecule has 1 aromatic rings. The molecule has 1 rings (SSSR count). The molecular weight excluding hydrogens is 164 g/mol. The molecule has 3 nitrogen and oxygen atoms in total. The van der Waals surface area contributed by atoms with Crippen LogP contribution < -0.4 is 15.4 Å². The Morgan fingerprint density at radius 1 is 1.23 bits per heavy atom. The molecule has 0 aromatic heterocycles. The summed E-state index contributed by atoms with van der Waals surface area (Å²) in [6.07, 6.45) is 0. The van der Waals surface area contributed by atoms with Crippen molar-refractivity contribution in [2.45, 2.75) is 6.92 Å². The van der Waals surface area contributed by atoms with Crippen LogP contribution in [0.15, 0.2) is 24.3 Å². The van der Waals surface area contributed by atoms with Gasteiger partial charge in [0.25, 0.3) is 0 Å². The van der Waals surface area contributed by atoms with E-state index in [0.717, 1.165) is 18.1 Å². The number of hydrogen-bond donors (Lipinski definition) is 2. The molecule has 0 aliphatic rings. The molecule has 1 aromatic carbocycles. The maximum Gasteiger partial charge on any atom is 0.119 e. The maximum atomic E-state index is 5.32. The van der Waals surface area contributed by atoms with Crippen LogP contribution in [0.4, 0.5) is 5.69 Å². The summed E-state index contributed by atoms with van der Waals surface area (Å²) in [6, 6.07) is 7.92. The van der Waals surface area contributed by atoms with Crippen LogP contribution in [0.3, 0.4) is 0 Å². The molecule has 0 atom stereocenters. The van der Waals surface area contributed by atoms with Gasteiger partial charge in [-0.05, 0) is 38.2 Å². The first-order valence-corrected chi connectivity index (χ1v) is 4.48. The predicted octanol–water partition coefficient (Wildman–Crippen LogP) is 1.67. The topological polar surface area (TPSA) is 33.3 Å². The molecule has 0 saturated heterocycles. The van der Waals surface area contributed by atoms with E-state index in [4.69, 9.17) is 4.74 Å². The number of ether oxygens (including phenoxy) is 1. The van der Waals surface area contributed by atoms with Crippen molar-refractivity contribution >= 4 is 5.69 Å². The first-order chi connectivity index (χ1) is 6.36. The molecule has 0 radical (unpaired) electrons. The Bertz CT molecular complexity index is 233. The normalized spacial score (nSPS) is 9.69. The van der Waals surface area contributed by atoms with Crippen molar-refractivity contribution in [3.05, 3.63) is 24.3 Å². The van der Waals surface area contributed by atoms with Crippen LogP contribution >= 0.6 is 0 Å². The molecule has 0 bridgehead atoms. The number of benzene rings is 1. The van der Waals surface area contributed by atoms with Gasteiger partial charge in [0.2, 0.25) is 0 Å². The standard InChI is InChI=1S/C10H16N2O/c1-3-13-10-6-4-9(5-7-10)12-8-11-2/h4-7,11-12H,3,8H2,1-2H3. The van der Waals surface area contributed by atoms with Crippen LogP contribution in [0, 0.1) is 0 Å². The van der Waals surface area contributed by atoms with E-state index in [1.807, 2.05) is 38.2 Å². The number of rotatable bonds is 5. The van der Waals surface area contributed by atoms with Gasteiger partial charge in [0.05, 0.1) is 13.3 Å². The quantitative estimate of drug-likeness (QED) is 0.676. The average molecular weight is 180 g/mol. The molecule has 0 heterocycles. The van der Waals surface area contributed by atoms with Gasteiger partial charge >= 0.3 is 0 Å². The van der Waals surface area contributed by atoms with Gasteiger partial charge in [0.15, 0.2) is 0 Å². The van der Waals surface area contributed by atoms with Gasteiger partial charge in [-0.3, -0.25) is 0 Å². The van der Waals surface area contributed by atoms with Gasteiger partial charge in [-0.1, -0.05) is 0 Å². The van der Waals surface area contributed by atoms with Crippen LogP contribution in [-0.2, 0) is 0 Å². The zero-order valence-electron chi connectivity index (χ0n) is 8.13. The maximum absolute atomic E-state index is 5.32. The minimum Gasteiger partial charge on any atom is -0.494 e. The molecule has 0 aliphatic heterocycles. The van der Waals surface area contributed by atoms with Gasteiger partial charge < -0.3 is 15.4 Å². The van der Waals surface area contributed by atoms with Crippen molar-refractivity contribution in [3.63, 3.8) is 0 Å². The molecule has 0 spiro atoms. The first kappa shape index (κ1) is 9.86. The fraction of sp³-hybridized carbons (Fsp3) is 0.400. The largest absolute Gasteiger partial charge is 0.494 e. The van der Waals surface area contributed by atoms with Crippen LogP contribution in [-0.4, -0.2) is 20.3 Å². The Labute approximate surface area is 79.1 Å². The van der Waals surface area contributed by atoms with E-state index in [0.29, 0.717) is 6.61 Å². The Balaban J connectivity index is 2.48. The van der Waals surface area contributed by atoms with E-state index in [2.05, 4.69) is 10.6 Å². The third-order valence-corrected chi connectivity index (χ3v) is 1.63. The third kappa shape index (κ3) is 3.34. The highest BCUT2D eigenvalue weighted by atomic mass is 16.5. The molecule has 0 saturated carbocycles. The van der Waals surface area contributed by atoms with Crippen molar-refractivity contribution in [2.75, 3.05) is 25.6 Å². The van der Waals surface area contributed by atoms with Gasteiger partial charge in [-0.25, -0.2) is 0 Å². The minimum atomic E-state index is 0.712. The molecule has 0 fully saturated rings. The Hall–Kier alpha value is -1.22. The highest BCUT2D eigenvalue weighted by molar-refractivity contribution is 5.46. The molecule has 3 heteroatoms. The second kappa shape index (κ2) is 5.43. The minimum absolute atomic E-state index is 0.712. The molecule has 72 valence electrons. The monoisotopic (exact) mass is 180 g/mol. The van der Waals surface area contributed by atoms with Crippen molar-refractivity contribution in [2.24, 2.45) is 0 Å². The summed E-state index contributed by atoms with van der Waals surface area (Å²) in [4.78, 5) is 0. The summed E-state index contributed by atoms with van der Waals surface area (Å²) >= 11 is 0. The third-order valence-electron chi connectivity index (χ3n) is 1.63. The van der Waals surface area contributed by atoms with Gasteiger partial charge in [0, 0.05) is 5.69 Å². The molecule has 0 amide bonds. The number of hydrogen-bond acceptors (Lipinski definition) is 3. The average Bonchev–Trinajstić information content (AvgIpc) is 2.17. The Kier molecular flexibility index (Phi) is 4.12. The lowest BCUT2D eigenvalue weighted by molar-refractivity contribution is 0.340. The number of nitrogens with one attached hydrogen (secondary N) is 2. The number of anilines is 1. The SMILES string of the molecule is CCOc1ccc(NCNC)cc1. The Morgan fingerprint density at radius 2 is 1.92 bits per heavy atom. The van der Waals surface area contributed by atoms with Crippen LogP contribution in [0.2, 0.25) is 0 Å². The lowest BCUT2D eigenvalue weighted by Crippen LogP contribution is -2.16. The summed E-state index contributed by atoms with van der Waals surface area (Å²) in [6.45, 7) is 3.46.